The SMILES string of the molecule is COc1ccccc1NC1=NCCC1. The molecule has 14 heavy (non-hydrogen) atoms. The third-order valence-corrected chi connectivity index (χ3v) is 2.26. The molecular weight excluding hydrogens is 176 g/mol. The van der Waals surface area contributed by atoms with Crippen LogP contribution in [0.5, 0.6) is 5.75 Å². The summed E-state index contributed by atoms with van der Waals surface area (Å²) in [4.78, 5) is 4.36. The molecule has 3 heteroatoms. The maximum atomic E-state index is 5.24. The monoisotopic (exact) mass is 190 g/mol. The van der Waals surface area contributed by atoms with Gasteiger partial charge in [-0.25, -0.2) is 0 Å². The molecule has 0 aromatic heterocycles. The fraction of sp³-hybridized carbons (Fsp3) is 0.364. The van der Waals surface area contributed by atoms with Crippen LogP contribution in [0.25, 0.3) is 0 Å². The number of hydrogen-bond donors (Lipinski definition) is 1. The molecule has 0 saturated heterocycles. The van der Waals surface area contributed by atoms with Crippen molar-refractivity contribution in [2.75, 3.05) is 19.0 Å². The molecule has 0 spiro atoms. The van der Waals surface area contributed by atoms with Crippen LogP contribution in [0.1, 0.15) is 12.8 Å². The first-order valence-corrected chi connectivity index (χ1v) is 4.83. The number of rotatable bonds is 2. The fourth-order valence-corrected chi connectivity index (χ4v) is 1.54. The zero-order valence-corrected chi connectivity index (χ0v) is 8.29. The van der Waals surface area contributed by atoms with Crippen LogP contribution in [-0.2, 0) is 0 Å². The third kappa shape index (κ3) is 1.87. The smallest absolute Gasteiger partial charge is 0.142 e. The fourth-order valence-electron chi connectivity index (χ4n) is 1.54. The molecule has 1 heterocycles. The lowest BCUT2D eigenvalue weighted by molar-refractivity contribution is 0.417. The summed E-state index contributed by atoms with van der Waals surface area (Å²) < 4.78 is 5.24. The molecule has 1 aromatic carbocycles. The van der Waals surface area contributed by atoms with Gasteiger partial charge in [-0.3, -0.25) is 4.99 Å². The van der Waals surface area contributed by atoms with Crippen molar-refractivity contribution in [2.24, 2.45) is 4.99 Å². The van der Waals surface area contributed by atoms with Gasteiger partial charge in [-0.05, 0) is 18.6 Å². The Labute approximate surface area is 83.8 Å². The van der Waals surface area contributed by atoms with Crippen molar-refractivity contribution in [2.45, 2.75) is 12.8 Å². The van der Waals surface area contributed by atoms with Crippen molar-refractivity contribution >= 4 is 11.5 Å². The van der Waals surface area contributed by atoms with Crippen LogP contribution >= 0.6 is 0 Å². The van der Waals surface area contributed by atoms with E-state index in [0.717, 1.165) is 36.7 Å². The minimum atomic E-state index is 0.863. The Hall–Kier alpha value is -1.51. The molecule has 0 saturated carbocycles. The van der Waals surface area contributed by atoms with Gasteiger partial charge in [0.25, 0.3) is 0 Å². The summed E-state index contributed by atoms with van der Waals surface area (Å²) >= 11 is 0. The number of nitrogens with zero attached hydrogens (tertiary/aromatic N) is 1. The largest absolute Gasteiger partial charge is 0.495 e. The van der Waals surface area contributed by atoms with Crippen molar-refractivity contribution in [1.29, 1.82) is 0 Å². The summed E-state index contributed by atoms with van der Waals surface area (Å²) in [7, 11) is 1.68. The van der Waals surface area contributed by atoms with E-state index in [0.29, 0.717) is 0 Å². The van der Waals surface area contributed by atoms with E-state index in [4.69, 9.17) is 4.74 Å². The number of amidine groups is 1. The molecule has 1 aliphatic heterocycles. The molecule has 2 rings (SSSR count). The van der Waals surface area contributed by atoms with Gasteiger partial charge < -0.3 is 10.1 Å². The first-order valence-electron chi connectivity index (χ1n) is 4.83. The van der Waals surface area contributed by atoms with Gasteiger partial charge in [0, 0.05) is 13.0 Å². The number of para-hydroxylation sites is 2. The van der Waals surface area contributed by atoms with E-state index in [-0.39, 0.29) is 0 Å². The zero-order chi connectivity index (χ0) is 9.80. The topological polar surface area (TPSA) is 33.6 Å². The van der Waals surface area contributed by atoms with Crippen LogP contribution in [0, 0.1) is 0 Å². The first kappa shape index (κ1) is 9.06. The van der Waals surface area contributed by atoms with E-state index >= 15 is 0 Å². The van der Waals surface area contributed by atoms with E-state index in [9.17, 15) is 0 Å². The number of hydrogen-bond acceptors (Lipinski definition) is 3. The molecule has 1 aliphatic rings. The van der Waals surface area contributed by atoms with Crippen molar-refractivity contribution < 1.29 is 4.74 Å². The van der Waals surface area contributed by atoms with E-state index in [2.05, 4.69) is 10.3 Å². The molecule has 1 N–H and O–H groups in total. The summed E-state index contributed by atoms with van der Waals surface area (Å²) in [5, 5.41) is 3.29. The summed E-state index contributed by atoms with van der Waals surface area (Å²) in [6.07, 6.45) is 2.19. The second-order valence-electron chi connectivity index (χ2n) is 3.26. The minimum absolute atomic E-state index is 0.863. The van der Waals surface area contributed by atoms with E-state index < -0.39 is 0 Å². The van der Waals surface area contributed by atoms with Crippen LogP contribution in [-0.4, -0.2) is 19.5 Å². The lowest BCUT2D eigenvalue weighted by atomic mass is 10.2. The summed E-state index contributed by atoms with van der Waals surface area (Å²) in [5.74, 6) is 1.93. The Kier molecular flexibility index (Phi) is 2.68. The van der Waals surface area contributed by atoms with Gasteiger partial charge in [0.1, 0.15) is 11.6 Å². The van der Waals surface area contributed by atoms with Crippen molar-refractivity contribution in [3.8, 4) is 5.75 Å². The zero-order valence-electron chi connectivity index (χ0n) is 8.29. The predicted octanol–water partition coefficient (Wildman–Crippen LogP) is 2.30. The molecule has 3 nitrogen and oxygen atoms in total. The van der Waals surface area contributed by atoms with Gasteiger partial charge in [0.2, 0.25) is 0 Å². The maximum Gasteiger partial charge on any atom is 0.142 e. The van der Waals surface area contributed by atoms with Crippen LogP contribution in [0.15, 0.2) is 29.3 Å². The average molecular weight is 190 g/mol. The molecule has 74 valence electrons. The number of methoxy groups -OCH3 is 1. The average Bonchev–Trinajstić information content (AvgIpc) is 2.71. The highest BCUT2D eigenvalue weighted by Gasteiger charge is 2.08. The standard InChI is InChI=1S/C11H14N2O/c1-14-10-6-3-2-5-9(10)13-11-7-4-8-12-11/h2-3,5-6H,4,7-8H2,1H3,(H,12,13). The maximum absolute atomic E-state index is 5.24. The number of benzene rings is 1. The molecule has 0 unspecified atom stereocenters. The van der Waals surface area contributed by atoms with Gasteiger partial charge in [0.15, 0.2) is 0 Å². The number of anilines is 1. The van der Waals surface area contributed by atoms with E-state index in [1.54, 1.807) is 7.11 Å². The van der Waals surface area contributed by atoms with Crippen LogP contribution in [0.4, 0.5) is 5.69 Å². The van der Waals surface area contributed by atoms with E-state index in [1.165, 1.54) is 0 Å². The number of aliphatic imine (C=N–C) groups is 1. The van der Waals surface area contributed by atoms with Gasteiger partial charge in [0.05, 0.1) is 12.8 Å². The second kappa shape index (κ2) is 4.13. The van der Waals surface area contributed by atoms with Crippen LogP contribution < -0.4 is 10.1 Å². The van der Waals surface area contributed by atoms with Gasteiger partial charge >= 0.3 is 0 Å². The highest BCUT2D eigenvalue weighted by molar-refractivity contribution is 5.97. The Morgan fingerprint density at radius 3 is 2.93 bits per heavy atom. The predicted molar refractivity (Wildman–Crippen MR) is 58.2 cm³/mol. The highest BCUT2D eigenvalue weighted by Crippen LogP contribution is 2.24. The summed E-state index contributed by atoms with van der Waals surface area (Å²) in [6, 6.07) is 7.89. The summed E-state index contributed by atoms with van der Waals surface area (Å²) in [5.41, 5.74) is 0.996. The molecule has 0 bridgehead atoms. The molecule has 0 aliphatic carbocycles. The number of nitrogens with one attached hydrogen (secondary N) is 1. The quantitative estimate of drug-likeness (QED) is 0.776. The molecular formula is C11H14N2O. The van der Waals surface area contributed by atoms with Gasteiger partial charge in [-0.2, -0.15) is 0 Å². The van der Waals surface area contributed by atoms with Crippen molar-refractivity contribution in [3.05, 3.63) is 24.3 Å². The molecule has 0 radical (unpaired) electrons. The lowest BCUT2D eigenvalue weighted by Gasteiger charge is -2.09. The molecule has 0 atom stereocenters. The summed E-state index contributed by atoms with van der Waals surface area (Å²) in [6.45, 7) is 0.942. The normalized spacial score (nSPS) is 15.1. The Morgan fingerprint density at radius 1 is 1.36 bits per heavy atom. The van der Waals surface area contributed by atoms with Gasteiger partial charge in [-0.15, -0.1) is 0 Å². The minimum Gasteiger partial charge on any atom is -0.495 e. The lowest BCUT2D eigenvalue weighted by Crippen LogP contribution is -2.09. The van der Waals surface area contributed by atoms with Crippen molar-refractivity contribution in [1.82, 2.24) is 0 Å². The van der Waals surface area contributed by atoms with Gasteiger partial charge in [-0.1, -0.05) is 12.1 Å². The Bertz CT molecular complexity index is 347. The third-order valence-electron chi connectivity index (χ3n) is 2.26. The van der Waals surface area contributed by atoms with Crippen LogP contribution in [0.3, 0.4) is 0 Å². The second-order valence-corrected chi connectivity index (χ2v) is 3.26. The van der Waals surface area contributed by atoms with Crippen LogP contribution in [0.2, 0.25) is 0 Å². The number of ether oxygens (including phenoxy) is 1. The first-order chi connectivity index (χ1) is 6.90. The molecule has 0 amide bonds. The Balaban J connectivity index is 2.15. The van der Waals surface area contributed by atoms with E-state index in [1.807, 2.05) is 24.3 Å². The highest BCUT2D eigenvalue weighted by atomic mass is 16.5. The molecule has 0 fully saturated rings. The Morgan fingerprint density at radius 2 is 2.21 bits per heavy atom. The van der Waals surface area contributed by atoms with Crippen molar-refractivity contribution in [3.63, 3.8) is 0 Å². The molecule has 1 aromatic rings.